The smallest absolute Gasteiger partial charge is 0.265 e. The molecule has 2 amide bonds. The molecule has 1 N–H and O–H groups in total. The van der Waals surface area contributed by atoms with E-state index >= 15 is 0 Å². The number of rotatable bonds is 6. The Labute approximate surface area is 184 Å². The van der Waals surface area contributed by atoms with Gasteiger partial charge in [0.05, 0.1) is 10.6 Å². The fourth-order valence-corrected chi connectivity index (χ4v) is 4.39. The summed E-state index contributed by atoms with van der Waals surface area (Å²) in [5, 5.41) is 2.88. The van der Waals surface area contributed by atoms with Gasteiger partial charge in [-0.15, -0.1) is 0 Å². The summed E-state index contributed by atoms with van der Waals surface area (Å²) in [5.74, 6) is -0.950. The molecule has 1 heterocycles. The number of nitrogens with zero attached hydrogens (tertiary/aromatic N) is 1. The molecule has 0 fully saturated rings. The van der Waals surface area contributed by atoms with Gasteiger partial charge in [-0.1, -0.05) is 72.4 Å². The summed E-state index contributed by atoms with van der Waals surface area (Å²) in [7, 11) is 0. The van der Waals surface area contributed by atoms with Crippen LogP contribution in [0.3, 0.4) is 0 Å². The molecule has 0 aliphatic carbocycles. The topological polar surface area (TPSA) is 49.4 Å². The molecular weight excluding hydrogens is 411 g/mol. The van der Waals surface area contributed by atoms with Crippen LogP contribution in [-0.2, 0) is 16.0 Å². The average molecular weight is 433 g/mol. The van der Waals surface area contributed by atoms with Gasteiger partial charge < -0.3 is 5.32 Å². The van der Waals surface area contributed by atoms with Gasteiger partial charge in [-0.05, 0) is 36.3 Å². The number of amides is 2. The molecule has 0 saturated carbocycles. The van der Waals surface area contributed by atoms with Gasteiger partial charge in [0.15, 0.2) is 0 Å². The fourth-order valence-electron chi connectivity index (χ4n) is 3.34. The Bertz CT molecular complexity index is 1130. The molecule has 6 heteroatoms. The summed E-state index contributed by atoms with van der Waals surface area (Å²) in [4.78, 5) is 28.4. The first-order valence-corrected chi connectivity index (χ1v) is 10.8. The van der Waals surface area contributed by atoms with E-state index in [0.29, 0.717) is 29.1 Å². The van der Waals surface area contributed by atoms with Gasteiger partial charge in [0.1, 0.15) is 12.4 Å². The van der Waals surface area contributed by atoms with Crippen LogP contribution in [0.25, 0.3) is 6.08 Å². The van der Waals surface area contributed by atoms with E-state index in [1.165, 1.54) is 22.7 Å². The lowest BCUT2D eigenvalue weighted by atomic mass is 10.1. The van der Waals surface area contributed by atoms with E-state index in [1.54, 1.807) is 24.3 Å². The van der Waals surface area contributed by atoms with Gasteiger partial charge in [-0.25, -0.2) is 4.39 Å². The van der Waals surface area contributed by atoms with Crippen LogP contribution in [0.5, 0.6) is 0 Å². The molecule has 1 aliphatic rings. The molecule has 1 aliphatic heterocycles. The largest absolute Gasteiger partial charge is 0.354 e. The van der Waals surface area contributed by atoms with Gasteiger partial charge >= 0.3 is 0 Å². The Balaban J connectivity index is 1.51. The minimum Gasteiger partial charge on any atom is -0.354 e. The van der Waals surface area contributed by atoms with Crippen molar-refractivity contribution in [1.82, 2.24) is 5.32 Å². The predicted octanol–water partition coefficient (Wildman–Crippen LogP) is 4.66. The normalized spacial score (nSPS) is 14.4. The molecule has 31 heavy (non-hydrogen) atoms. The van der Waals surface area contributed by atoms with E-state index in [-0.39, 0.29) is 18.4 Å². The third kappa shape index (κ3) is 5.03. The first kappa shape index (κ1) is 20.9. The quantitative estimate of drug-likeness (QED) is 0.576. The lowest BCUT2D eigenvalue weighted by Gasteiger charge is -2.29. The number of hydrogen-bond acceptors (Lipinski definition) is 3. The van der Waals surface area contributed by atoms with E-state index in [0.717, 1.165) is 10.5 Å². The highest BCUT2D eigenvalue weighted by Gasteiger charge is 2.30. The van der Waals surface area contributed by atoms with Crippen LogP contribution >= 0.6 is 11.8 Å². The summed E-state index contributed by atoms with van der Waals surface area (Å²) in [5.41, 5.74) is 2.15. The monoisotopic (exact) mass is 432 g/mol. The molecule has 3 aromatic carbocycles. The van der Waals surface area contributed by atoms with Crippen molar-refractivity contribution in [3.8, 4) is 0 Å². The van der Waals surface area contributed by atoms with Gasteiger partial charge in [-0.2, -0.15) is 0 Å². The molecule has 3 aromatic rings. The second kappa shape index (κ2) is 9.62. The number of anilines is 1. The Morgan fingerprint density at radius 2 is 1.68 bits per heavy atom. The van der Waals surface area contributed by atoms with Crippen molar-refractivity contribution in [2.75, 3.05) is 18.0 Å². The molecule has 156 valence electrons. The Kier molecular flexibility index (Phi) is 6.48. The van der Waals surface area contributed by atoms with Crippen LogP contribution in [0.2, 0.25) is 0 Å². The summed E-state index contributed by atoms with van der Waals surface area (Å²) in [6.07, 6.45) is 2.25. The van der Waals surface area contributed by atoms with Crippen molar-refractivity contribution in [3.05, 3.63) is 101 Å². The summed E-state index contributed by atoms with van der Waals surface area (Å²) >= 11 is 1.29. The van der Waals surface area contributed by atoms with Gasteiger partial charge in [0.25, 0.3) is 5.91 Å². The Hall–Kier alpha value is -3.38. The lowest BCUT2D eigenvalue weighted by Crippen LogP contribution is -2.43. The van der Waals surface area contributed by atoms with Crippen LogP contribution < -0.4 is 10.2 Å². The molecule has 0 bridgehead atoms. The number of halogens is 1. The van der Waals surface area contributed by atoms with Gasteiger partial charge in [0, 0.05) is 17.0 Å². The SMILES string of the molecule is O=C(CN1C(=O)/C(=C/c2ccccc2F)Sc2ccccc21)NCCc1ccccc1. The minimum absolute atomic E-state index is 0.0974. The molecule has 0 unspecified atom stereocenters. The predicted molar refractivity (Wildman–Crippen MR) is 122 cm³/mol. The first-order chi connectivity index (χ1) is 15.1. The summed E-state index contributed by atoms with van der Waals surface area (Å²) in [6.45, 7) is 0.388. The van der Waals surface area contributed by atoms with E-state index in [1.807, 2.05) is 54.6 Å². The molecule has 0 aromatic heterocycles. The van der Waals surface area contributed by atoms with Crippen molar-refractivity contribution < 1.29 is 14.0 Å². The Morgan fingerprint density at radius 3 is 2.48 bits per heavy atom. The van der Waals surface area contributed by atoms with Crippen LogP contribution in [0, 0.1) is 5.82 Å². The van der Waals surface area contributed by atoms with Crippen molar-refractivity contribution in [2.45, 2.75) is 11.3 Å². The standard InChI is InChI=1S/C25H21FN2O2S/c26-20-11-5-4-10-19(20)16-23-25(30)28(21-12-6-7-13-22(21)31-23)17-24(29)27-15-14-18-8-2-1-3-9-18/h1-13,16H,14-15,17H2,(H,27,29)/b23-16-. The number of carbonyl (C=O) groups is 2. The van der Waals surface area contributed by atoms with Gasteiger partial charge in [-0.3, -0.25) is 14.5 Å². The first-order valence-electron chi connectivity index (χ1n) is 9.97. The number of thioether (sulfide) groups is 1. The molecule has 4 rings (SSSR count). The summed E-state index contributed by atoms with van der Waals surface area (Å²) in [6, 6.07) is 23.6. The minimum atomic E-state index is -0.396. The number of hydrogen-bond donors (Lipinski definition) is 1. The zero-order valence-corrected chi connectivity index (χ0v) is 17.6. The van der Waals surface area contributed by atoms with E-state index in [2.05, 4.69) is 5.32 Å². The van der Waals surface area contributed by atoms with E-state index in [9.17, 15) is 14.0 Å². The zero-order chi connectivity index (χ0) is 21.6. The van der Waals surface area contributed by atoms with Crippen molar-refractivity contribution >= 4 is 35.3 Å². The van der Waals surface area contributed by atoms with Gasteiger partial charge in [0.2, 0.25) is 5.91 Å². The molecular formula is C25H21FN2O2S. The number of carbonyl (C=O) groups excluding carboxylic acids is 2. The lowest BCUT2D eigenvalue weighted by molar-refractivity contribution is -0.122. The highest BCUT2D eigenvalue weighted by atomic mass is 32.2. The zero-order valence-electron chi connectivity index (χ0n) is 16.8. The van der Waals surface area contributed by atoms with Crippen molar-refractivity contribution in [3.63, 3.8) is 0 Å². The Morgan fingerprint density at radius 1 is 0.968 bits per heavy atom. The van der Waals surface area contributed by atoms with Crippen LogP contribution in [0.4, 0.5) is 10.1 Å². The van der Waals surface area contributed by atoms with E-state index < -0.39 is 5.82 Å². The third-order valence-corrected chi connectivity index (χ3v) is 5.98. The van der Waals surface area contributed by atoms with Crippen LogP contribution in [0.15, 0.2) is 88.7 Å². The van der Waals surface area contributed by atoms with E-state index in [4.69, 9.17) is 0 Å². The highest BCUT2D eigenvalue weighted by molar-refractivity contribution is 8.04. The van der Waals surface area contributed by atoms with Crippen LogP contribution in [-0.4, -0.2) is 24.9 Å². The molecule has 0 radical (unpaired) electrons. The maximum absolute atomic E-state index is 14.1. The second-order valence-corrected chi connectivity index (χ2v) is 8.16. The third-order valence-electron chi connectivity index (χ3n) is 4.90. The van der Waals surface area contributed by atoms with Crippen LogP contribution in [0.1, 0.15) is 11.1 Å². The molecule has 0 atom stereocenters. The molecule has 0 saturated heterocycles. The number of nitrogens with one attached hydrogen (secondary N) is 1. The highest BCUT2D eigenvalue weighted by Crippen LogP contribution is 2.42. The fraction of sp³-hybridized carbons (Fsp3) is 0.120. The molecule has 0 spiro atoms. The van der Waals surface area contributed by atoms with Crippen molar-refractivity contribution in [2.24, 2.45) is 0 Å². The maximum Gasteiger partial charge on any atom is 0.265 e. The maximum atomic E-state index is 14.1. The number of benzene rings is 3. The number of fused-ring (bicyclic) bond motifs is 1. The second-order valence-electron chi connectivity index (χ2n) is 7.08. The molecule has 4 nitrogen and oxygen atoms in total. The number of para-hydroxylation sites is 1. The summed E-state index contributed by atoms with van der Waals surface area (Å²) < 4.78 is 14.1. The average Bonchev–Trinajstić information content (AvgIpc) is 2.79. The van der Waals surface area contributed by atoms with Crippen molar-refractivity contribution in [1.29, 1.82) is 0 Å².